The van der Waals surface area contributed by atoms with Crippen LogP contribution in [-0.4, -0.2) is 18.5 Å². The van der Waals surface area contributed by atoms with Crippen molar-refractivity contribution < 1.29 is 4.79 Å². The van der Waals surface area contributed by atoms with Crippen molar-refractivity contribution in [2.24, 2.45) is 11.1 Å². The number of nitrogens with two attached hydrogens (primary N) is 1. The first-order chi connectivity index (χ1) is 8.04. The van der Waals surface area contributed by atoms with Crippen molar-refractivity contribution in [3.63, 3.8) is 0 Å². The van der Waals surface area contributed by atoms with E-state index in [1.54, 1.807) is 0 Å². The van der Waals surface area contributed by atoms with Gasteiger partial charge in [-0.3, -0.25) is 4.79 Å². The molecule has 4 heteroatoms. The SMILES string of the molecule is CC1(C)CC1NC(=O)c1sccc1C#CCN. The van der Waals surface area contributed by atoms with Gasteiger partial charge in [0.25, 0.3) is 5.91 Å². The number of carbonyl (C=O) groups excluding carboxylic acids is 1. The fraction of sp³-hybridized carbons (Fsp3) is 0.462. The Morgan fingerprint density at radius 3 is 3.00 bits per heavy atom. The van der Waals surface area contributed by atoms with Gasteiger partial charge in [-0.2, -0.15) is 0 Å². The van der Waals surface area contributed by atoms with Crippen LogP contribution < -0.4 is 11.1 Å². The number of nitrogens with one attached hydrogen (secondary N) is 1. The summed E-state index contributed by atoms with van der Waals surface area (Å²) < 4.78 is 0. The van der Waals surface area contributed by atoms with Gasteiger partial charge >= 0.3 is 0 Å². The van der Waals surface area contributed by atoms with Gasteiger partial charge in [0.1, 0.15) is 4.88 Å². The van der Waals surface area contributed by atoms with E-state index in [0.717, 1.165) is 12.0 Å². The van der Waals surface area contributed by atoms with Crippen LogP contribution in [0.4, 0.5) is 0 Å². The zero-order valence-electron chi connectivity index (χ0n) is 10.0. The van der Waals surface area contributed by atoms with Crippen molar-refractivity contribution in [3.8, 4) is 11.8 Å². The lowest BCUT2D eigenvalue weighted by Crippen LogP contribution is -2.28. The van der Waals surface area contributed by atoms with Gasteiger partial charge in [-0.25, -0.2) is 0 Å². The normalized spacial score (nSPS) is 20.3. The van der Waals surface area contributed by atoms with Gasteiger partial charge in [-0.05, 0) is 23.3 Å². The zero-order valence-corrected chi connectivity index (χ0v) is 10.9. The van der Waals surface area contributed by atoms with Crippen LogP contribution in [-0.2, 0) is 0 Å². The van der Waals surface area contributed by atoms with Crippen molar-refractivity contribution in [2.75, 3.05) is 6.54 Å². The Bertz CT molecular complexity index is 493. The molecule has 1 aliphatic rings. The van der Waals surface area contributed by atoms with Gasteiger partial charge in [-0.1, -0.05) is 25.7 Å². The molecule has 1 heterocycles. The summed E-state index contributed by atoms with van der Waals surface area (Å²) in [6, 6.07) is 2.16. The molecule has 90 valence electrons. The molecule has 17 heavy (non-hydrogen) atoms. The summed E-state index contributed by atoms with van der Waals surface area (Å²) >= 11 is 1.42. The molecular formula is C13H16N2OS. The van der Waals surface area contributed by atoms with Gasteiger partial charge in [0.2, 0.25) is 0 Å². The minimum absolute atomic E-state index is 0.0168. The van der Waals surface area contributed by atoms with Crippen LogP contribution in [0, 0.1) is 17.3 Å². The molecule has 1 fully saturated rings. The Labute approximate surface area is 105 Å². The number of hydrogen-bond donors (Lipinski definition) is 2. The van der Waals surface area contributed by atoms with Crippen LogP contribution in [0.5, 0.6) is 0 Å². The standard InChI is InChI=1S/C13H16N2OS/c1-13(2)8-10(13)15-12(16)11-9(4-3-6-14)5-7-17-11/h5,7,10H,6,8,14H2,1-2H3,(H,15,16). The molecule has 0 aromatic carbocycles. The van der Waals surface area contributed by atoms with Gasteiger partial charge in [0.15, 0.2) is 0 Å². The summed E-state index contributed by atoms with van der Waals surface area (Å²) in [6.45, 7) is 4.62. The summed E-state index contributed by atoms with van der Waals surface area (Å²) in [5.41, 5.74) is 6.35. The van der Waals surface area contributed by atoms with Crippen molar-refractivity contribution in [1.29, 1.82) is 0 Å². The highest BCUT2D eigenvalue weighted by molar-refractivity contribution is 7.12. The summed E-state index contributed by atoms with van der Waals surface area (Å²) in [7, 11) is 0. The molecule has 1 aromatic rings. The fourth-order valence-electron chi connectivity index (χ4n) is 1.67. The quantitative estimate of drug-likeness (QED) is 0.781. The minimum Gasteiger partial charge on any atom is -0.348 e. The van der Waals surface area contributed by atoms with E-state index < -0.39 is 0 Å². The molecule has 0 radical (unpaired) electrons. The van der Waals surface area contributed by atoms with E-state index in [1.165, 1.54) is 11.3 Å². The number of amides is 1. The second kappa shape index (κ2) is 4.52. The van der Waals surface area contributed by atoms with Crippen LogP contribution in [0.1, 0.15) is 35.5 Å². The molecule has 1 atom stereocenters. The summed E-state index contributed by atoms with van der Waals surface area (Å²) in [6.07, 6.45) is 1.05. The Hall–Kier alpha value is -1.31. The van der Waals surface area contributed by atoms with Crippen molar-refractivity contribution >= 4 is 17.2 Å². The van der Waals surface area contributed by atoms with E-state index in [2.05, 4.69) is 31.0 Å². The molecule has 1 saturated carbocycles. The lowest BCUT2D eigenvalue weighted by Gasteiger charge is -2.05. The van der Waals surface area contributed by atoms with E-state index >= 15 is 0 Å². The first kappa shape index (κ1) is 12.2. The number of rotatable bonds is 2. The highest BCUT2D eigenvalue weighted by Gasteiger charge is 2.46. The highest BCUT2D eigenvalue weighted by Crippen LogP contribution is 2.44. The van der Waals surface area contributed by atoms with Crippen LogP contribution in [0.25, 0.3) is 0 Å². The minimum atomic E-state index is -0.0168. The molecule has 1 aliphatic carbocycles. The molecule has 2 rings (SSSR count). The molecule has 1 amide bonds. The Balaban J connectivity index is 2.07. The Morgan fingerprint density at radius 2 is 2.41 bits per heavy atom. The second-order valence-corrected chi connectivity index (χ2v) is 5.80. The first-order valence-corrected chi connectivity index (χ1v) is 6.50. The second-order valence-electron chi connectivity index (χ2n) is 4.89. The lowest BCUT2D eigenvalue weighted by molar-refractivity contribution is 0.0950. The zero-order chi connectivity index (χ0) is 12.5. The third kappa shape index (κ3) is 2.68. The van der Waals surface area contributed by atoms with Gasteiger partial charge < -0.3 is 11.1 Å². The number of thiophene rings is 1. The lowest BCUT2D eigenvalue weighted by atomic mass is 10.2. The number of carbonyl (C=O) groups is 1. The fourth-order valence-corrected chi connectivity index (χ4v) is 2.42. The predicted octanol–water partition coefficient (Wildman–Crippen LogP) is 1.59. The summed E-state index contributed by atoms with van der Waals surface area (Å²) in [5, 5.41) is 4.92. The van der Waals surface area contributed by atoms with E-state index in [-0.39, 0.29) is 11.3 Å². The van der Waals surface area contributed by atoms with E-state index in [4.69, 9.17) is 5.73 Å². The summed E-state index contributed by atoms with van der Waals surface area (Å²) in [4.78, 5) is 12.7. The molecule has 3 N–H and O–H groups in total. The van der Waals surface area contributed by atoms with Crippen LogP contribution in [0.3, 0.4) is 0 Å². The summed E-state index contributed by atoms with van der Waals surface area (Å²) in [5.74, 6) is 5.68. The van der Waals surface area contributed by atoms with Gasteiger partial charge in [-0.15, -0.1) is 11.3 Å². The molecule has 3 nitrogen and oxygen atoms in total. The van der Waals surface area contributed by atoms with Gasteiger partial charge in [0, 0.05) is 11.6 Å². The van der Waals surface area contributed by atoms with Crippen LogP contribution in [0.2, 0.25) is 0 Å². The average Bonchev–Trinajstić information content (AvgIpc) is 2.71. The molecule has 0 aliphatic heterocycles. The molecule has 0 saturated heterocycles. The van der Waals surface area contributed by atoms with Gasteiger partial charge in [0.05, 0.1) is 6.54 Å². The molecule has 1 aromatic heterocycles. The third-order valence-corrected chi connectivity index (χ3v) is 3.93. The maximum Gasteiger partial charge on any atom is 0.262 e. The molecule has 1 unspecified atom stereocenters. The smallest absolute Gasteiger partial charge is 0.262 e. The first-order valence-electron chi connectivity index (χ1n) is 5.62. The average molecular weight is 248 g/mol. The molecule has 0 spiro atoms. The molecular weight excluding hydrogens is 232 g/mol. The molecule has 0 bridgehead atoms. The Morgan fingerprint density at radius 1 is 1.71 bits per heavy atom. The van der Waals surface area contributed by atoms with Crippen molar-refractivity contribution in [1.82, 2.24) is 5.32 Å². The van der Waals surface area contributed by atoms with Crippen LogP contribution in [0.15, 0.2) is 11.4 Å². The van der Waals surface area contributed by atoms with E-state index in [9.17, 15) is 4.79 Å². The largest absolute Gasteiger partial charge is 0.348 e. The topological polar surface area (TPSA) is 55.1 Å². The maximum atomic E-state index is 12.0. The predicted molar refractivity (Wildman–Crippen MR) is 69.9 cm³/mol. The highest BCUT2D eigenvalue weighted by atomic mass is 32.1. The Kier molecular flexibility index (Phi) is 3.23. The number of hydrogen-bond acceptors (Lipinski definition) is 3. The van der Waals surface area contributed by atoms with Crippen molar-refractivity contribution in [2.45, 2.75) is 26.3 Å². The van der Waals surface area contributed by atoms with Crippen LogP contribution >= 0.6 is 11.3 Å². The van der Waals surface area contributed by atoms with E-state index in [0.29, 0.717) is 17.5 Å². The maximum absolute atomic E-state index is 12.0. The van der Waals surface area contributed by atoms with Crippen molar-refractivity contribution in [3.05, 3.63) is 21.9 Å². The van der Waals surface area contributed by atoms with E-state index in [1.807, 2.05) is 11.4 Å². The monoisotopic (exact) mass is 248 g/mol. The third-order valence-electron chi connectivity index (χ3n) is 3.02.